The van der Waals surface area contributed by atoms with Crippen LogP contribution < -0.4 is 4.90 Å². The molecule has 0 aliphatic carbocycles. The van der Waals surface area contributed by atoms with Crippen LogP contribution in [0.4, 0.5) is 5.69 Å². The van der Waals surface area contributed by atoms with Gasteiger partial charge in [0.15, 0.2) is 5.03 Å². The summed E-state index contributed by atoms with van der Waals surface area (Å²) in [6.07, 6.45) is 5.58. The van der Waals surface area contributed by atoms with Gasteiger partial charge in [-0.05, 0) is 42.7 Å². The first-order valence-corrected chi connectivity index (χ1v) is 13.2. The summed E-state index contributed by atoms with van der Waals surface area (Å²) < 4.78 is 30.2. The number of sulfonamides is 1. The molecule has 0 bridgehead atoms. The molecule has 0 fully saturated rings. The first-order valence-electron chi connectivity index (χ1n) is 11.0. The fraction of sp³-hybridized carbons (Fsp3) is 0.250. The number of aryl methyl sites for hydroxylation is 1. The van der Waals surface area contributed by atoms with Gasteiger partial charge in [-0.25, -0.2) is 18.4 Å². The first-order chi connectivity index (χ1) is 16.4. The average Bonchev–Trinajstić information content (AvgIpc) is 3.46. The number of rotatable bonds is 6. The van der Waals surface area contributed by atoms with E-state index in [2.05, 4.69) is 40.8 Å². The lowest BCUT2D eigenvalue weighted by Crippen LogP contribution is -2.45. The number of nitrogens with one attached hydrogen (secondary N) is 2. The molecular formula is C24H25BrN6O2S. The van der Waals surface area contributed by atoms with E-state index in [1.54, 1.807) is 17.6 Å². The standard InChI is InChI=1S/C24H25BrN6O2S/c1-17-27-12-24(29-17)34(32,33)31-13-19-10-20(25)7-8-23(19)30(14-21-11-26-16-28-21)15-22(31)9-18-5-3-2-4-6-18/h2-8,10-12,16,22H,9,13-15H2,1H3,(H,26,28)(H,27,29)/t22-/m1/s1. The van der Waals surface area contributed by atoms with Gasteiger partial charge in [0.25, 0.3) is 10.0 Å². The third-order valence-corrected chi connectivity index (χ3v) is 8.30. The maximum atomic E-state index is 13.9. The smallest absolute Gasteiger partial charge is 0.262 e. The molecule has 1 aliphatic rings. The number of hydrogen-bond donors (Lipinski definition) is 2. The van der Waals surface area contributed by atoms with Gasteiger partial charge in [0.1, 0.15) is 5.82 Å². The number of imidazole rings is 2. The van der Waals surface area contributed by atoms with E-state index in [0.717, 1.165) is 27.0 Å². The van der Waals surface area contributed by atoms with Gasteiger partial charge in [-0.2, -0.15) is 4.31 Å². The number of H-pyrrole nitrogens is 2. The van der Waals surface area contributed by atoms with Gasteiger partial charge in [-0.1, -0.05) is 46.3 Å². The number of fused-ring (bicyclic) bond motifs is 1. The first kappa shape index (κ1) is 22.8. The molecular weight excluding hydrogens is 516 g/mol. The second-order valence-corrected chi connectivity index (χ2v) is 11.2. The predicted molar refractivity (Wildman–Crippen MR) is 134 cm³/mol. The van der Waals surface area contributed by atoms with Crippen LogP contribution in [0.15, 0.2) is 76.8 Å². The molecule has 2 aromatic carbocycles. The van der Waals surface area contributed by atoms with E-state index in [1.807, 2.05) is 54.7 Å². The minimum absolute atomic E-state index is 0.0420. The van der Waals surface area contributed by atoms with Gasteiger partial charge in [0.05, 0.1) is 18.6 Å². The number of halogens is 1. The van der Waals surface area contributed by atoms with Crippen molar-refractivity contribution in [3.8, 4) is 0 Å². The molecule has 1 aliphatic heterocycles. The van der Waals surface area contributed by atoms with Gasteiger partial charge < -0.3 is 14.9 Å². The zero-order chi connectivity index (χ0) is 23.7. The molecule has 8 nitrogen and oxygen atoms in total. The third-order valence-electron chi connectivity index (χ3n) is 6.02. The van der Waals surface area contributed by atoms with Crippen LogP contribution in [-0.4, -0.2) is 45.2 Å². The van der Waals surface area contributed by atoms with Crippen molar-refractivity contribution in [1.29, 1.82) is 0 Å². The topological polar surface area (TPSA) is 98.0 Å². The van der Waals surface area contributed by atoms with E-state index >= 15 is 0 Å². The van der Waals surface area contributed by atoms with Crippen molar-refractivity contribution in [2.45, 2.75) is 37.5 Å². The quantitative estimate of drug-likeness (QED) is 0.384. The third kappa shape index (κ3) is 4.66. The van der Waals surface area contributed by atoms with E-state index in [1.165, 1.54) is 6.20 Å². The Bertz CT molecular complexity index is 1370. The summed E-state index contributed by atoms with van der Waals surface area (Å²) in [5.41, 5.74) is 3.90. The normalized spacial score (nSPS) is 16.9. The Kier molecular flexibility index (Phi) is 6.28. The summed E-state index contributed by atoms with van der Waals surface area (Å²) in [6, 6.07) is 15.7. The Labute approximate surface area is 207 Å². The van der Waals surface area contributed by atoms with Gasteiger partial charge in [-0.3, -0.25) is 0 Å². The Morgan fingerprint density at radius 2 is 1.97 bits per heavy atom. The van der Waals surface area contributed by atoms with Crippen LogP contribution in [0, 0.1) is 6.92 Å². The van der Waals surface area contributed by atoms with Crippen molar-refractivity contribution < 1.29 is 8.42 Å². The van der Waals surface area contributed by atoms with Crippen LogP contribution in [0.1, 0.15) is 22.6 Å². The molecule has 3 heterocycles. The lowest BCUT2D eigenvalue weighted by atomic mass is 10.1. The van der Waals surface area contributed by atoms with E-state index < -0.39 is 10.0 Å². The molecule has 0 spiro atoms. The van der Waals surface area contributed by atoms with Crippen molar-refractivity contribution in [1.82, 2.24) is 24.2 Å². The summed E-state index contributed by atoms with van der Waals surface area (Å²) in [5, 5.41) is 0.0420. The fourth-order valence-corrected chi connectivity index (χ4v) is 6.39. The highest BCUT2D eigenvalue weighted by molar-refractivity contribution is 9.10. The number of hydrogen-bond acceptors (Lipinski definition) is 5. The number of aromatic nitrogens is 4. The van der Waals surface area contributed by atoms with Crippen molar-refractivity contribution in [3.63, 3.8) is 0 Å². The zero-order valence-corrected chi connectivity index (χ0v) is 21.1. The second kappa shape index (κ2) is 9.36. The molecule has 5 rings (SSSR count). The van der Waals surface area contributed by atoms with Crippen molar-refractivity contribution >= 4 is 31.6 Å². The van der Waals surface area contributed by atoms with Gasteiger partial charge in [0.2, 0.25) is 0 Å². The average molecular weight is 541 g/mol. The lowest BCUT2D eigenvalue weighted by Gasteiger charge is -2.31. The fourth-order valence-electron chi connectivity index (χ4n) is 4.43. The van der Waals surface area contributed by atoms with Crippen molar-refractivity contribution in [3.05, 3.63) is 94.4 Å². The minimum Gasteiger partial charge on any atom is -0.364 e. The minimum atomic E-state index is -3.85. The summed E-state index contributed by atoms with van der Waals surface area (Å²) in [7, 11) is -3.85. The Morgan fingerprint density at radius 3 is 2.68 bits per heavy atom. The Morgan fingerprint density at radius 1 is 1.15 bits per heavy atom. The molecule has 2 N–H and O–H groups in total. The van der Waals surface area contributed by atoms with Crippen LogP contribution >= 0.6 is 15.9 Å². The molecule has 34 heavy (non-hydrogen) atoms. The van der Waals surface area contributed by atoms with Crippen LogP contribution in [0.25, 0.3) is 0 Å². The van der Waals surface area contributed by atoms with Gasteiger partial charge >= 0.3 is 0 Å². The van der Waals surface area contributed by atoms with E-state index in [-0.39, 0.29) is 17.6 Å². The Hall–Kier alpha value is -2.95. The largest absolute Gasteiger partial charge is 0.364 e. The Balaban J connectivity index is 1.61. The van der Waals surface area contributed by atoms with Gasteiger partial charge in [-0.15, -0.1) is 0 Å². The molecule has 176 valence electrons. The molecule has 10 heteroatoms. The monoisotopic (exact) mass is 540 g/mol. The second-order valence-electron chi connectivity index (χ2n) is 8.43. The number of aromatic amines is 2. The summed E-state index contributed by atoms with van der Waals surface area (Å²) >= 11 is 3.56. The molecule has 0 amide bonds. The molecule has 0 saturated heterocycles. The summed E-state index contributed by atoms with van der Waals surface area (Å²) in [6.45, 7) is 3.08. The maximum absolute atomic E-state index is 13.9. The van der Waals surface area contributed by atoms with E-state index in [9.17, 15) is 8.42 Å². The SMILES string of the molecule is Cc1nc(S(=O)(=O)N2Cc3cc(Br)ccc3N(Cc3c[nH]cn3)C[C@H]2Cc2ccccc2)c[nH]1. The molecule has 4 aromatic rings. The molecule has 1 atom stereocenters. The van der Waals surface area contributed by atoms with Crippen molar-refractivity contribution in [2.24, 2.45) is 0 Å². The number of anilines is 1. The van der Waals surface area contributed by atoms with E-state index in [4.69, 9.17) is 0 Å². The molecule has 0 saturated carbocycles. The predicted octanol–water partition coefficient (Wildman–Crippen LogP) is 4.03. The maximum Gasteiger partial charge on any atom is 0.262 e. The highest BCUT2D eigenvalue weighted by atomic mass is 79.9. The highest BCUT2D eigenvalue weighted by Gasteiger charge is 2.37. The number of nitrogens with zero attached hydrogens (tertiary/aromatic N) is 4. The van der Waals surface area contributed by atoms with Crippen LogP contribution in [-0.2, 0) is 29.5 Å². The summed E-state index contributed by atoms with van der Waals surface area (Å²) in [4.78, 5) is 16.8. The zero-order valence-electron chi connectivity index (χ0n) is 18.6. The van der Waals surface area contributed by atoms with Crippen LogP contribution in [0.2, 0.25) is 0 Å². The van der Waals surface area contributed by atoms with Crippen LogP contribution in [0.5, 0.6) is 0 Å². The molecule has 0 unspecified atom stereocenters. The van der Waals surface area contributed by atoms with Crippen LogP contribution in [0.3, 0.4) is 0 Å². The lowest BCUT2D eigenvalue weighted by molar-refractivity contribution is 0.317. The van der Waals surface area contributed by atoms with E-state index in [0.29, 0.717) is 25.3 Å². The highest BCUT2D eigenvalue weighted by Crippen LogP contribution is 2.34. The molecule has 0 radical (unpaired) electrons. The summed E-state index contributed by atoms with van der Waals surface area (Å²) in [5.74, 6) is 0.566. The molecule has 2 aromatic heterocycles. The number of benzene rings is 2. The van der Waals surface area contributed by atoms with Crippen molar-refractivity contribution in [2.75, 3.05) is 11.4 Å². The van der Waals surface area contributed by atoms with Gasteiger partial charge in [0, 0.05) is 41.7 Å².